The molecule has 3 N–H and O–H groups in total. The van der Waals surface area contributed by atoms with Gasteiger partial charge in [0.15, 0.2) is 0 Å². The highest BCUT2D eigenvalue weighted by Crippen LogP contribution is 2.25. The maximum atomic E-state index is 12.1. The van der Waals surface area contributed by atoms with Gasteiger partial charge in [-0.1, -0.05) is 6.07 Å². The van der Waals surface area contributed by atoms with E-state index in [1.54, 1.807) is 0 Å². The Hall–Kier alpha value is -1.55. The van der Waals surface area contributed by atoms with E-state index >= 15 is 0 Å². The molecule has 0 aromatic heterocycles. The van der Waals surface area contributed by atoms with Gasteiger partial charge in [-0.15, -0.1) is 0 Å². The number of hydrogen-bond donors (Lipinski definition) is 2. The van der Waals surface area contributed by atoms with E-state index in [-0.39, 0.29) is 17.9 Å². The van der Waals surface area contributed by atoms with E-state index in [4.69, 9.17) is 10.5 Å². The maximum absolute atomic E-state index is 12.1. The number of anilines is 2. The van der Waals surface area contributed by atoms with E-state index in [9.17, 15) is 4.79 Å². The predicted molar refractivity (Wildman–Crippen MR) is 72.5 cm³/mol. The minimum absolute atomic E-state index is 0.0192. The first-order valence-corrected chi connectivity index (χ1v) is 6.26. The van der Waals surface area contributed by atoms with E-state index in [1.807, 2.05) is 32.9 Å². The minimum atomic E-state index is -0.0538. The highest BCUT2D eigenvalue weighted by molar-refractivity contribution is 5.94. The van der Waals surface area contributed by atoms with Gasteiger partial charge in [-0.3, -0.25) is 4.79 Å². The summed E-state index contributed by atoms with van der Waals surface area (Å²) >= 11 is 0. The Labute approximate surface area is 108 Å². The fraction of sp³-hybridized carbons (Fsp3) is 0.500. The molecule has 1 fully saturated rings. The van der Waals surface area contributed by atoms with Crippen LogP contribution in [0.15, 0.2) is 12.1 Å². The lowest BCUT2D eigenvalue weighted by Crippen LogP contribution is -2.23. The third-order valence-corrected chi connectivity index (χ3v) is 3.44. The molecule has 4 nitrogen and oxygen atoms in total. The van der Waals surface area contributed by atoms with Crippen LogP contribution >= 0.6 is 0 Å². The average molecular weight is 248 g/mol. The fourth-order valence-corrected chi connectivity index (χ4v) is 2.24. The molecule has 0 spiro atoms. The molecule has 4 heteroatoms. The lowest BCUT2D eigenvalue weighted by atomic mass is 10.0. The first-order valence-electron chi connectivity index (χ1n) is 6.26. The van der Waals surface area contributed by atoms with Crippen molar-refractivity contribution in [2.75, 3.05) is 17.7 Å². The topological polar surface area (TPSA) is 64.3 Å². The van der Waals surface area contributed by atoms with E-state index in [1.165, 1.54) is 0 Å². The zero-order valence-electron chi connectivity index (χ0n) is 11.1. The third kappa shape index (κ3) is 2.64. The van der Waals surface area contributed by atoms with Crippen LogP contribution in [-0.4, -0.2) is 18.6 Å². The van der Waals surface area contributed by atoms with E-state index < -0.39 is 0 Å². The number of rotatable bonds is 2. The Bertz CT molecular complexity index is 471. The van der Waals surface area contributed by atoms with Crippen molar-refractivity contribution in [1.82, 2.24) is 0 Å². The quantitative estimate of drug-likeness (QED) is 0.789. The number of nitrogens with two attached hydrogens (primary N) is 1. The highest BCUT2D eigenvalue weighted by Gasteiger charge is 2.28. The number of amides is 1. The van der Waals surface area contributed by atoms with Crippen molar-refractivity contribution < 1.29 is 9.53 Å². The van der Waals surface area contributed by atoms with Crippen LogP contribution in [0.2, 0.25) is 0 Å². The summed E-state index contributed by atoms with van der Waals surface area (Å²) in [6, 6.07) is 3.81. The standard InChI is InChI=1S/C14H20N2O2/c1-8-4-9(2)13(6-12(8)15)16-14(17)11-5-10(3)18-7-11/h4,6,10-11H,5,7,15H2,1-3H3,(H,16,17). The zero-order valence-corrected chi connectivity index (χ0v) is 11.1. The van der Waals surface area contributed by atoms with Gasteiger partial charge in [0.2, 0.25) is 5.91 Å². The van der Waals surface area contributed by atoms with Crippen LogP contribution in [0.4, 0.5) is 11.4 Å². The summed E-state index contributed by atoms with van der Waals surface area (Å²) in [6.45, 7) is 6.42. The van der Waals surface area contributed by atoms with Crippen molar-refractivity contribution >= 4 is 17.3 Å². The van der Waals surface area contributed by atoms with Crippen LogP contribution in [0, 0.1) is 19.8 Å². The lowest BCUT2D eigenvalue weighted by molar-refractivity contribution is -0.119. The van der Waals surface area contributed by atoms with Crippen molar-refractivity contribution in [1.29, 1.82) is 0 Å². The second-order valence-corrected chi connectivity index (χ2v) is 5.09. The highest BCUT2D eigenvalue weighted by atomic mass is 16.5. The number of hydrogen-bond acceptors (Lipinski definition) is 3. The molecule has 1 amide bonds. The summed E-state index contributed by atoms with van der Waals surface area (Å²) in [5.74, 6) is -0.0346. The number of carbonyl (C=O) groups excluding carboxylic acids is 1. The van der Waals surface area contributed by atoms with Crippen LogP contribution in [0.25, 0.3) is 0 Å². The van der Waals surface area contributed by atoms with Crippen molar-refractivity contribution in [2.45, 2.75) is 33.3 Å². The molecule has 0 bridgehead atoms. The molecule has 1 aromatic rings. The van der Waals surface area contributed by atoms with Gasteiger partial charge in [0.1, 0.15) is 0 Å². The predicted octanol–water partition coefficient (Wildman–Crippen LogP) is 2.25. The zero-order chi connectivity index (χ0) is 13.3. The van der Waals surface area contributed by atoms with E-state index in [2.05, 4.69) is 5.32 Å². The number of carbonyl (C=O) groups is 1. The number of aryl methyl sites for hydroxylation is 2. The number of nitrogen functional groups attached to an aromatic ring is 1. The average Bonchev–Trinajstić information content (AvgIpc) is 2.73. The van der Waals surface area contributed by atoms with Crippen LogP contribution < -0.4 is 11.1 Å². The molecule has 1 aliphatic rings. The number of benzene rings is 1. The maximum Gasteiger partial charge on any atom is 0.229 e. The molecule has 2 unspecified atom stereocenters. The molecule has 98 valence electrons. The fourth-order valence-electron chi connectivity index (χ4n) is 2.24. The largest absolute Gasteiger partial charge is 0.398 e. The molecule has 1 saturated heterocycles. The van der Waals surface area contributed by atoms with Gasteiger partial charge in [-0.05, 0) is 44.4 Å². The van der Waals surface area contributed by atoms with Crippen LogP contribution in [0.5, 0.6) is 0 Å². The normalized spacial score (nSPS) is 23.1. The van der Waals surface area contributed by atoms with Gasteiger partial charge < -0.3 is 15.8 Å². The van der Waals surface area contributed by atoms with Crippen molar-refractivity contribution in [2.24, 2.45) is 5.92 Å². The third-order valence-electron chi connectivity index (χ3n) is 3.44. The second-order valence-electron chi connectivity index (χ2n) is 5.09. The molecule has 1 aliphatic heterocycles. The van der Waals surface area contributed by atoms with Crippen LogP contribution in [0.1, 0.15) is 24.5 Å². The Morgan fingerprint density at radius 1 is 1.39 bits per heavy atom. The minimum Gasteiger partial charge on any atom is -0.398 e. The van der Waals surface area contributed by atoms with Gasteiger partial charge in [0.25, 0.3) is 0 Å². The monoisotopic (exact) mass is 248 g/mol. The van der Waals surface area contributed by atoms with E-state index in [0.29, 0.717) is 12.3 Å². The molecule has 18 heavy (non-hydrogen) atoms. The molecular weight excluding hydrogens is 228 g/mol. The van der Waals surface area contributed by atoms with Crippen molar-refractivity contribution in [3.8, 4) is 0 Å². The molecular formula is C14H20N2O2. The Morgan fingerprint density at radius 2 is 2.11 bits per heavy atom. The Kier molecular flexibility index (Phi) is 3.57. The molecule has 1 heterocycles. The van der Waals surface area contributed by atoms with Gasteiger partial charge in [-0.2, -0.15) is 0 Å². The first kappa shape index (κ1) is 12.9. The smallest absolute Gasteiger partial charge is 0.229 e. The summed E-state index contributed by atoms with van der Waals surface area (Å²) in [5.41, 5.74) is 9.42. The van der Waals surface area contributed by atoms with Crippen molar-refractivity contribution in [3.63, 3.8) is 0 Å². The van der Waals surface area contributed by atoms with Gasteiger partial charge in [0, 0.05) is 11.4 Å². The van der Waals surface area contributed by atoms with E-state index in [0.717, 1.165) is 23.2 Å². The first-order chi connectivity index (χ1) is 8.47. The molecule has 0 aliphatic carbocycles. The summed E-state index contributed by atoms with van der Waals surface area (Å²) in [6.07, 6.45) is 0.955. The van der Waals surface area contributed by atoms with Gasteiger partial charge >= 0.3 is 0 Å². The van der Waals surface area contributed by atoms with Crippen LogP contribution in [0.3, 0.4) is 0 Å². The van der Waals surface area contributed by atoms with Gasteiger partial charge in [0.05, 0.1) is 18.6 Å². The second kappa shape index (κ2) is 4.98. The van der Waals surface area contributed by atoms with Crippen LogP contribution in [-0.2, 0) is 9.53 Å². The molecule has 2 atom stereocenters. The molecule has 1 aromatic carbocycles. The Balaban J connectivity index is 2.09. The molecule has 0 saturated carbocycles. The number of ether oxygens (including phenoxy) is 1. The number of nitrogens with one attached hydrogen (secondary N) is 1. The van der Waals surface area contributed by atoms with Gasteiger partial charge in [-0.25, -0.2) is 0 Å². The summed E-state index contributed by atoms with van der Waals surface area (Å²) in [4.78, 5) is 12.1. The Morgan fingerprint density at radius 3 is 2.72 bits per heavy atom. The summed E-state index contributed by atoms with van der Waals surface area (Å²) in [5, 5.41) is 2.94. The van der Waals surface area contributed by atoms with Crippen molar-refractivity contribution in [3.05, 3.63) is 23.3 Å². The molecule has 2 rings (SSSR count). The summed E-state index contributed by atoms with van der Waals surface area (Å²) < 4.78 is 5.41. The molecule has 0 radical (unpaired) electrons. The SMILES string of the molecule is Cc1cc(C)c(NC(=O)C2COC(C)C2)cc1N. The summed E-state index contributed by atoms with van der Waals surface area (Å²) in [7, 11) is 0. The lowest BCUT2D eigenvalue weighted by Gasteiger charge is -2.13.